The van der Waals surface area contributed by atoms with Crippen LogP contribution < -0.4 is 0 Å². The van der Waals surface area contributed by atoms with Crippen molar-refractivity contribution in [1.82, 2.24) is 0 Å². The summed E-state index contributed by atoms with van der Waals surface area (Å²) in [5.74, 6) is -0.806. The molecule has 0 aliphatic rings. The first kappa shape index (κ1) is 24.3. The predicted octanol–water partition coefficient (Wildman–Crippen LogP) is 0.679. The highest BCUT2D eigenvalue weighted by Crippen LogP contribution is 1.80. The van der Waals surface area contributed by atoms with Crippen molar-refractivity contribution in [3.8, 4) is 0 Å². The van der Waals surface area contributed by atoms with Crippen molar-refractivity contribution in [3.05, 3.63) is 25.3 Å². The Morgan fingerprint density at radius 1 is 0.810 bits per heavy atom. The van der Waals surface area contributed by atoms with E-state index in [1.165, 1.54) is 0 Å². The van der Waals surface area contributed by atoms with E-state index in [4.69, 9.17) is 9.47 Å². The summed E-state index contributed by atoms with van der Waals surface area (Å²) in [7, 11) is 0. The Labute approximate surface area is 125 Å². The number of carbonyl (C=O) groups is 2. The lowest BCUT2D eigenvalue weighted by Crippen LogP contribution is -2.07. The van der Waals surface area contributed by atoms with Crippen LogP contribution >= 0.6 is 0 Å². The van der Waals surface area contributed by atoms with Gasteiger partial charge in [-0.15, -0.1) is 0 Å². The van der Waals surface area contributed by atoms with Crippen LogP contribution in [0.4, 0.5) is 0 Å². The lowest BCUT2D eigenvalue weighted by atomic mass is 10.6. The Balaban J connectivity index is -0.000000295. The Morgan fingerprint density at radius 2 is 1.14 bits per heavy atom. The van der Waals surface area contributed by atoms with Gasteiger partial charge < -0.3 is 24.4 Å². The number of carbonyl (C=O) groups excluding carboxylic acids is 2. The summed E-state index contributed by atoms with van der Waals surface area (Å²) in [4.78, 5) is 20.8. The van der Waals surface area contributed by atoms with Crippen LogP contribution in [0.2, 0.25) is 0 Å². The Kier molecular flexibility index (Phi) is 23.9. The van der Waals surface area contributed by atoms with E-state index in [2.05, 4.69) is 22.6 Å². The maximum atomic E-state index is 10.4. The van der Waals surface area contributed by atoms with Crippen LogP contribution in [-0.4, -0.2) is 57.1 Å². The van der Waals surface area contributed by atoms with Gasteiger partial charge >= 0.3 is 11.9 Å². The van der Waals surface area contributed by atoms with Crippen LogP contribution in [0.1, 0.15) is 13.8 Å². The smallest absolute Gasteiger partial charge is 0.330 e. The largest absolute Gasteiger partial charge is 0.460 e. The first-order chi connectivity index (χ1) is 9.62. The van der Waals surface area contributed by atoms with Crippen molar-refractivity contribution < 1.29 is 34.0 Å². The zero-order chi connectivity index (χ0) is 15.6. The average Bonchev–Trinajstić information content (AvgIpc) is 2.48. The summed E-state index contributed by atoms with van der Waals surface area (Å²) in [6, 6.07) is 0. The van der Waals surface area contributed by atoms with Gasteiger partial charge in [0.1, 0.15) is 13.2 Å². The van der Waals surface area contributed by atoms with Crippen molar-refractivity contribution in [2.75, 3.05) is 39.6 Å². The molecule has 0 rings (SSSR count). The van der Waals surface area contributed by atoms with Gasteiger partial charge in [-0.1, -0.05) is 13.2 Å². The minimum Gasteiger partial charge on any atom is -0.460 e. The Morgan fingerprint density at radius 3 is 1.38 bits per heavy atom. The molecule has 0 amide bonds. The molecule has 0 aliphatic heterocycles. The fourth-order valence-electron chi connectivity index (χ4n) is 0.809. The monoisotopic (exact) mass is 306 g/mol. The van der Waals surface area contributed by atoms with Gasteiger partial charge in [0.2, 0.25) is 0 Å². The minimum absolute atomic E-state index is 0. The van der Waals surface area contributed by atoms with Crippen molar-refractivity contribution in [2.24, 2.45) is 0 Å². The van der Waals surface area contributed by atoms with Crippen molar-refractivity contribution in [2.45, 2.75) is 13.8 Å². The van der Waals surface area contributed by atoms with Gasteiger partial charge in [0.25, 0.3) is 0 Å². The van der Waals surface area contributed by atoms with E-state index in [-0.39, 0.29) is 5.48 Å². The van der Waals surface area contributed by atoms with E-state index in [0.717, 1.165) is 12.2 Å². The zero-order valence-electron chi connectivity index (χ0n) is 12.8. The third kappa shape index (κ3) is 23.8. The standard InChI is InChI=1S/2C7H12O3.H2O/c2*1-3-7(8)10-6-5-9-4-2;/h2*3H,1,4-6H2,2H3;1H2. The second-order valence-electron chi connectivity index (χ2n) is 3.14. The molecule has 0 saturated heterocycles. The molecule has 124 valence electrons. The molecule has 7 nitrogen and oxygen atoms in total. The number of ether oxygens (including phenoxy) is 4. The van der Waals surface area contributed by atoms with Crippen LogP contribution in [0.25, 0.3) is 0 Å². The van der Waals surface area contributed by atoms with Crippen molar-refractivity contribution >= 4 is 11.9 Å². The Hall–Kier alpha value is -1.70. The molecule has 0 aromatic carbocycles. The van der Waals surface area contributed by atoms with Gasteiger partial charge in [-0.3, -0.25) is 0 Å². The van der Waals surface area contributed by atoms with Crippen LogP contribution in [-0.2, 0) is 28.5 Å². The van der Waals surface area contributed by atoms with E-state index in [1.54, 1.807) is 0 Å². The molecule has 0 aliphatic carbocycles. The van der Waals surface area contributed by atoms with Gasteiger partial charge in [-0.05, 0) is 13.8 Å². The zero-order valence-corrected chi connectivity index (χ0v) is 12.8. The Bertz CT molecular complexity index is 248. The van der Waals surface area contributed by atoms with Gasteiger partial charge in [-0.25, -0.2) is 9.59 Å². The molecule has 0 fully saturated rings. The fourth-order valence-corrected chi connectivity index (χ4v) is 0.809. The summed E-state index contributed by atoms with van der Waals surface area (Å²) in [5, 5.41) is 0. The lowest BCUT2D eigenvalue weighted by molar-refractivity contribution is -0.140. The molecule has 2 N–H and O–H groups in total. The quantitative estimate of drug-likeness (QED) is 0.334. The highest BCUT2D eigenvalue weighted by Gasteiger charge is 1.93. The number of esters is 2. The number of rotatable bonds is 10. The molecular formula is C14H26O7. The fraction of sp³-hybridized carbons (Fsp3) is 0.571. The highest BCUT2D eigenvalue weighted by molar-refractivity contribution is 5.81. The van der Waals surface area contributed by atoms with Crippen molar-refractivity contribution in [3.63, 3.8) is 0 Å². The van der Waals surface area contributed by atoms with Crippen LogP contribution in [0.3, 0.4) is 0 Å². The van der Waals surface area contributed by atoms with Crippen LogP contribution in [0, 0.1) is 0 Å². The van der Waals surface area contributed by atoms with E-state index >= 15 is 0 Å². The van der Waals surface area contributed by atoms with E-state index < -0.39 is 11.9 Å². The third-order valence-electron chi connectivity index (χ3n) is 1.69. The summed E-state index contributed by atoms with van der Waals surface area (Å²) >= 11 is 0. The van der Waals surface area contributed by atoms with Crippen molar-refractivity contribution in [1.29, 1.82) is 0 Å². The van der Waals surface area contributed by atoms with E-state index in [9.17, 15) is 9.59 Å². The van der Waals surface area contributed by atoms with Gasteiger partial charge in [0.05, 0.1) is 13.2 Å². The minimum atomic E-state index is -0.403. The SMILES string of the molecule is C=CC(=O)OCCOCC.C=CC(=O)OCCOCC.O. The molecule has 0 unspecified atom stereocenters. The molecule has 0 heterocycles. The molecule has 7 heteroatoms. The number of hydrogen-bond donors (Lipinski definition) is 0. The number of hydrogen-bond acceptors (Lipinski definition) is 6. The molecule has 0 radical (unpaired) electrons. The normalized spacial score (nSPS) is 8.48. The van der Waals surface area contributed by atoms with Gasteiger partial charge in [0.15, 0.2) is 0 Å². The highest BCUT2D eigenvalue weighted by atomic mass is 16.6. The first-order valence-corrected chi connectivity index (χ1v) is 6.36. The maximum absolute atomic E-state index is 10.4. The summed E-state index contributed by atoms with van der Waals surface area (Å²) in [6.45, 7) is 13.1. The second-order valence-corrected chi connectivity index (χ2v) is 3.14. The molecule has 0 atom stereocenters. The van der Waals surface area contributed by atoms with Gasteiger partial charge in [0, 0.05) is 25.4 Å². The molecular weight excluding hydrogens is 280 g/mol. The van der Waals surface area contributed by atoms with E-state index in [0.29, 0.717) is 39.6 Å². The predicted molar refractivity (Wildman–Crippen MR) is 78.9 cm³/mol. The molecule has 0 saturated carbocycles. The van der Waals surface area contributed by atoms with Crippen LogP contribution in [0.15, 0.2) is 25.3 Å². The summed E-state index contributed by atoms with van der Waals surface area (Å²) in [5.41, 5.74) is 0. The molecule has 0 spiro atoms. The topological polar surface area (TPSA) is 103 Å². The first-order valence-electron chi connectivity index (χ1n) is 6.36. The average molecular weight is 306 g/mol. The van der Waals surface area contributed by atoms with E-state index in [1.807, 2.05) is 13.8 Å². The lowest BCUT2D eigenvalue weighted by Gasteiger charge is -2.00. The maximum Gasteiger partial charge on any atom is 0.330 e. The summed E-state index contributed by atoms with van der Waals surface area (Å²) in [6.07, 6.45) is 2.26. The molecule has 0 aromatic heterocycles. The third-order valence-corrected chi connectivity index (χ3v) is 1.69. The molecule has 0 aromatic rings. The molecule has 0 bridgehead atoms. The second kappa shape index (κ2) is 20.6. The molecule has 21 heavy (non-hydrogen) atoms. The van der Waals surface area contributed by atoms with Gasteiger partial charge in [-0.2, -0.15) is 0 Å². The van der Waals surface area contributed by atoms with Crippen LogP contribution in [0.5, 0.6) is 0 Å². The summed E-state index contributed by atoms with van der Waals surface area (Å²) < 4.78 is 19.1.